The Morgan fingerprint density at radius 2 is 1.48 bits per heavy atom. The second kappa shape index (κ2) is 9.07. The van der Waals surface area contributed by atoms with Gasteiger partial charge in [-0.05, 0) is 60.0 Å². The molecule has 0 radical (unpaired) electrons. The van der Waals surface area contributed by atoms with Gasteiger partial charge in [0.1, 0.15) is 17.3 Å². The van der Waals surface area contributed by atoms with Crippen LogP contribution in [0, 0.1) is 5.82 Å². The largest absolute Gasteiger partial charge is 0.497 e. The maximum atomic E-state index is 13.5. The van der Waals surface area contributed by atoms with Crippen molar-refractivity contribution < 1.29 is 22.3 Å². The van der Waals surface area contributed by atoms with Crippen molar-refractivity contribution in [3.05, 3.63) is 89.7 Å². The first-order chi connectivity index (χ1) is 13.9. The van der Waals surface area contributed by atoms with Crippen molar-refractivity contribution in [1.29, 1.82) is 0 Å². The Morgan fingerprint density at radius 3 is 2.03 bits per heavy atom. The van der Waals surface area contributed by atoms with Gasteiger partial charge in [-0.15, -0.1) is 0 Å². The van der Waals surface area contributed by atoms with Crippen LogP contribution in [0.2, 0.25) is 0 Å². The standard InChI is InChI=1S/C22H22FNO4S/c1-27-19-10-6-16(7-11-19)14-22(17-8-12-20(28-2)13-9-17)24-29(25,26)21-5-3-4-18(23)15-21/h3-13,15,22,24H,14H2,1-2H3/t22-/m1/s1. The lowest BCUT2D eigenvalue weighted by molar-refractivity contribution is 0.414. The minimum Gasteiger partial charge on any atom is -0.497 e. The highest BCUT2D eigenvalue weighted by molar-refractivity contribution is 7.89. The normalized spacial score (nSPS) is 12.4. The first kappa shape index (κ1) is 20.8. The number of hydrogen-bond donors (Lipinski definition) is 1. The second-order valence-electron chi connectivity index (χ2n) is 6.46. The Labute approximate surface area is 170 Å². The van der Waals surface area contributed by atoms with Crippen molar-refractivity contribution in [2.24, 2.45) is 0 Å². The summed E-state index contributed by atoms with van der Waals surface area (Å²) in [7, 11) is -0.773. The van der Waals surface area contributed by atoms with Crippen LogP contribution in [0.15, 0.2) is 77.7 Å². The van der Waals surface area contributed by atoms with Gasteiger partial charge in [0.2, 0.25) is 10.0 Å². The van der Waals surface area contributed by atoms with Crippen molar-refractivity contribution >= 4 is 10.0 Å². The van der Waals surface area contributed by atoms with Gasteiger partial charge in [0.15, 0.2) is 0 Å². The van der Waals surface area contributed by atoms with Crippen LogP contribution in [0.1, 0.15) is 17.2 Å². The Hall–Kier alpha value is -2.90. The molecule has 0 aliphatic rings. The van der Waals surface area contributed by atoms with E-state index in [2.05, 4.69) is 4.72 Å². The molecule has 3 aromatic rings. The fourth-order valence-electron chi connectivity index (χ4n) is 2.95. The van der Waals surface area contributed by atoms with Gasteiger partial charge in [-0.25, -0.2) is 17.5 Å². The summed E-state index contributed by atoms with van der Waals surface area (Å²) in [6.45, 7) is 0. The fraction of sp³-hybridized carbons (Fsp3) is 0.182. The molecular weight excluding hydrogens is 393 g/mol. The van der Waals surface area contributed by atoms with Crippen molar-refractivity contribution in [3.63, 3.8) is 0 Å². The quantitative estimate of drug-likeness (QED) is 0.602. The molecule has 7 heteroatoms. The van der Waals surface area contributed by atoms with Crippen LogP contribution in [0.3, 0.4) is 0 Å². The van der Waals surface area contributed by atoms with Crippen molar-refractivity contribution in [3.8, 4) is 11.5 Å². The zero-order valence-corrected chi connectivity index (χ0v) is 16.9. The highest BCUT2D eigenvalue weighted by Crippen LogP contribution is 2.25. The number of benzene rings is 3. The van der Waals surface area contributed by atoms with Crippen LogP contribution >= 0.6 is 0 Å². The number of halogens is 1. The number of hydrogen-bond acceptors (Lipinski definition) is 4. The van der Waals surface area contributed by atoms with Gasteiger partial charge >= 0.3 is 0 Å². The summed E-state index contributed by atoms with van der Waals surface area (Å²) in [5.41, 5.74) is 1.69. The van der Waals surface area contributed by atoms with Gasteiger partial charge in [0.25, 0.3) is 0 Å². The monoisotopic (exact) mass is 415 g/mol. The predicted octanol–water partition coefficient (Wildman–Crippen LogP) is 4.11. The smallest absolute Gasteiger partial charge is 0.241 e. The molecule has 0 bridgehead atoms. The van der Waals surface area contributed by atoms with E-state index in [0.29, 0.717) is 12.2 Å². The summed E-state index contributed by atoms with van der Waals surface area (Å²) in [6.07, 6.45) is 0.408. The van der Waals surface area contributed by atoms with Crippen LogP contribution in [0.4, 0.5) is 4.39 Å². The number of sulfonamides is 1. The van der Waals surface area contributed by atoms with Crippen molar-refractivity contribution in [1.82, 2.24) is 4.72 Å². The first-order valence-corrected chi connectivity index (χ1v) is 10.4. The van der Waals surface area contributed by atoms with E-state index in [0.717, 1.165) is 22.9 Å². The summed E-state index contributed by atoms with van der Waals surface area (Å²) < 4.78 is 52.3. The zero-order chi connectivity index (χ0) is 20.9. The molecular formula is C22H22FNO4S. The summed E-state index contributed by atoms with van der Waals surface area (Å²) in [6, 6.07) is 18.9. The molecule has 152 valence electrons. The molecule has 0 aliphatic heterocycles. The number of methoxy groups -OCH3 is 2. The molecule has 1 atom stereocenters. The molecule has 5 nitrogen and oxygen atoms in total. The van der Waals surface area contributed by atoms with Crippen LogP contribution in [0.5, 0.6) is 11.5 Å². The highest BCUT2D eigenvalue weighted by atomic mass is 32.2. The van der Waals surface area contributed by atoms with E-state index in [1.807, 2.05) is 24.3 Å². The Bertz CT molecular complexity index is 1050. The Morgan fingerprint density at radius 1 is 0.897 bits per heavy atom. The lowest BCUT2D eigenvalue weighted by atomic mass is 9.99. The third-order valence-electron chi connectivity index (χ3n) is 4.52. The van der Waals surface area contributed by atoms with E-state index in [1.54, 1.807) is 38.5 Å². The van der Waals surface area contributed by atoms with Gasteiger partial charge in [0, 0.05) is 0 Å². The van der Waals surface area contributed by atoms with Crippen LogP contribution in [-0.4, -0.2) is 22.6 Å². The number of ether oxygens (including phenoxy) is 2. The highest BCUT2D eigenvalue weighted by Gasteiger charge is 2.22. The summed E-state index contributed by atoms with van der Waals surface area (Å²) in [5.74, 6) is 0.782. The molecule has 0 aliphatic carbocycles. The zero-order valence-electron chi connectivity index (χ0n) is 16.1. The van der Waals surface area contributed by atoms with Crippen LogP contribution < -0.4 is 14.2 Å². The third kappa shape index (κ3) is 5.34. The maximum absolute atomic E-state index is 13.5. The predicted molar refractivity (Wildman–Crippen MR) is 109 cm³/mol. The van der Waals surface area contributed by atoms with Gasteiger partial charge < -0.3 is 9.47 Å². The molecule has 0 saturated carbocycles. The first-order valence-electron chi connectivity index (χ1n) is 8.96. The summed E-state index contributed by atoms with van der Waals surface area (Å²) in [5, 5.41) is 0. The number of rotatable bonds is 8. The molecule has 0 amide bonds. The third-order valence-corrected chi connectivity index (χ3v) is 5.99. The van der Waals surface area contributed by atoms with E-state index in [4.69, 9.17) is 9.47 Å². The van der Waals surface area contributed by atoms with E-state index in [1.165, 1.54) is 18.2 Å². The minimum absolute atomic E-state index is 0.120. The van der Waals surface area contributed by atoms with Crippen LogP contribution in [0.25, 0.3) is 0 Å². The lowest BCUT2D eigenvalue weighted by Crippen LogP contribution is -2.30. The summed E-state index contributed by atoms with van der Waals surface area (Å²) >= 11 is 0. The topological polar surface area (TPSA) is 64.6 Å². The van der Waals surface area contributed by atoms with E-state index in [9.17, 15) is 12.8 Å². The number of nitrogens with one attached hydrogen (secondary N) is 1. The molecule has 1 N–H and O–H groups in total. The fourth-order valence-corrected chi connectivity index (χ4v) is 4.21. The SMILES string of the molecule is COc1ccc(C[C@@H](NS(=O)(=O)c2cccc(F)c2)c2ccc(OC)cc2)cc1. The molecule has 0 fully saturated rings. The van der Waals surface area contributed by atoms with Crippen LogP contribution in [-0.2, 0) is 16.4 Å². The minimum atomic E-state index is -3.92. The molecule has 0 unspecified atom stereocenters. The van der Waals surface area contributed by atoms with Crippen molar-refractivity contribution in [2.45, 2.75) is 17.4 Å². The lowest BCUT2D eigenvalue weighted by Gasteiger charge is -2.20. The van der Waals surface area contributed by atoms with E-state index < -0.39 is 21.9 Å². The average Bonchev–Trinajstić information content (AvgIpc) is 2.74. The molecule has 0 heterocycles. The molecule has 3 rings (SSSR count). The molecule has 3 aromatic carbocycles. The molecule has 0 spiro atoms. The van der Waals surface area contributed by atoms with Crippen molar-refractivity contribution in [2.75, 3.05) is 14.2 Å². The average molecular weight is 415 g/mol. The molecule has 29 heavy (non-hydrogen) atoms. The van der Waals surface area contributed by atoms with E-state index >= 15 is 0 Å². The van der Waals surface area contributed by atoms with E-state index in [-0.39, 0.29) is 4.90 Å². The van der Waals surface area contributed by atoms with Gasteiger partial charge in [-0.2, -0.15) is 0 Å². The second-order valence-corrected chi connectivity index (χ2v) is 8.17. The van der Waals surface area contributed by atoms with Gasteiger partial charge in [0.05, 0.1) is 25.2 Å². The molecule has 0 saturated heterocycles. The molecule has 0 aromatic heterocycles. The Balaban J connectivity index is 1.92. The maximum Gasteiger partial charge on any atom is 0.241 e. The van der Waals surface area contributed by atoms with Gasteiger partial charge in [-0.3, -0.25) is 0 Å². The Kier molecular flexibility index (Phi) is 6.51. The van der Waals surface area contributed by atoms with Gasteiger partial charge in [-0.1, -0.05) is 30.3 Å². The summed E-state index contributed by atoms with van der Waals surface area (Å²) in [4.78, 5) is -0.120.